The summed E-state index contributed by atoms with van der Waals surface area (Å²) < 4.78 is 27.2. The lowest BCUT2D eigenvalue weighted by atomic mass is 10.2. The highest BCUT2D eigenvalue weighted by Crippen LogP contribution is 2.20. The van der Waals surface area contributed by atoms with Gasteiger partial charge in [-0.15, -0.1) is 0 Å². The summed E-state index contributed by atoms with van der Waals surface area (Å²) in [4.78, 5) is 15.0. The molecule has 1 heterocycles. The number of rotatable bonds is 2. The predicted octanol–water partition coefficient (Wildman–Crippen LogP) is 4.01. The van der Waals surface area contributed by atoms with Crippen molar-refractivity contribution in [3.63, 3.8) is 0 Å². The fourth-order valence-electron chi connectivity index (χ4n) is 2.13. The molecule has 0 aliphatic rings. The molecule has 0 saturated carbocycles. The number of carbonyl (C=O) groups excluding carboxylic acids is 1. The van der Waals surface area contributed by atoms with Crippen LogP contribution in [0, 0.1) is 18.6 Å². The lowest BCUT2D eigenvalue weighted by Crippen LogP contribution is -2.13. The molecule has 5 heteroatoms. The minimum Gasteiger partial charge on any atom is -0.351 e. The van der Waals surface area contributed by atoms with Crippen molar-refractivity contribution in [2.45, 2.75) is 6.92 Å². The molecule has 21 heavy (non-hydrogen) atoms. The van der Waals surface area contributed by atoms with Crippen molar-refractivity contribution >= 4 is 22.5 Å². The highest BCUT2D eigenvalue weighted by atomic mass is 19.1. The van der Waals surface area contributed by atoms with Gasteiger partial charge < -0.3 is 10.3 Å². The SMILES string of the molecule is Cc1cc(F)c(NC(=O)c2cc3ccccc3[nH]2)cc1F. The largest absolute Gasteiger partial charge is 0.351 e. The molecule has 106 valence electrons. The normalized spacial score (nSPS) is 10.8. The average molecular weight is 286 g/mol. The number of hydrogen-bond acceptors (Lipinski definition) is 1. The first kappa shape index (κ1) is 13.3. The van der Waals surface area contributed by atoms with Gasteiger partial charge >= 0.3 is 0 Å². The molecule has 2 N–H and O–H groups in total. The monoisotopic (exact) mass is 286 g/mol. The highest BCUT2D eigenvalue weighted by molar-refractivity contribution is 6.05. The zero-order valence-corrected chi connectivity index (χ0v) is 11.2. The van der Waals surface area contributed by atoms with Crippen molar-refractivity contribution < 1.29 is 13.6 Å². The molecule has 0 radical (unpaired) electrons. The van der Waals surface area contributed by atoms with E-state index in [0.717, 1.165) is 23.0 Å². The Kier molecular flexibility index (Phi) is 3.17. The molecule has 0 bridgehead atoms. The van der Waals surface area contributed by atoms with E-state index in [1.54, 1.807) is 6.07 Å². The van der Waals surface area contributed by atoms with Crippen molar-refractivity contribution in [1.29, 1.82) is 0 Å². The third kappa shape index (κ3) is 2.50. The van der Waals surface area contributed by atoms with Gasteiger partial charge in [0.1, 0.15) is 17.3 Å². The summed E-state index contributed by atoms with van der Waals surface area (Å²) in [6, 6.07) is 11.1. The van der Waals surface area contributed by atoms with E-state index >= 15 is 0 Å². The Labute approximate surface area is 119 Å². The number of H-pyrrole nitrogens is 1. The van der Waals surface area contributed by atoms with Gasteiger partial charge in [0.05, 0.1) is 5.69 Å². The van der Waals surface area contributed by atoms with Crippen molar-refractivity contribution in [3.8, 4) is 0 Å². The average Bonchev–Trinajstić information content (AvgIpc) is 2.88. The number of para-hydroxylation sites is 1. The number of aromatic nitrogens is 1. The second-order valence-electron chi connectivity index (χ2n) is 4.81. The maximum atomic E-state index is 13.7. The van der Waals surface area contributed by atoms with Gasteiger partial charge in [-0.25, -0.2) is 8.78 Å². The van der Waals surface area contributed by atoms with E-state index in [0.29, 0.717) is 0 Å². The lowest BCUT2D eigenvalue weighted by molar-refractivity contribution is 0.102. The standard InChI is InChI=1S/C16H12F2N2O/c1-9-6-12(18)14(8-11(9)17)20-16(21)15-7-10-4-2-3-5-13(10)19-15/h2-8,19H,1H3,(H,20,21). The number of halogens is 2. The van der Waals surface area contributed by atoms with Crippen LogP contribution >= 0.6 is 0 Å². The molecule has 0 saturated heterocycles. The Morgan fingerprint density at radius 1 is 1.10 bits per heavy atom. The maximum absolute atomic E-state index is 13.7. The number of anilines is 1. The summed E-state index contributed by atoms with van der Waals surface area (Å²) in [6.45, 7) is 1.46. The first-order chi connectivity index (χ1) is 10.0. The van der Waals surface area contributed by atoms with Gasteiger partial charge in [-0.1, -0.05) is 18.2 Å². The minimum absolute atomic E-state index is 0.179. The number of hydrogen-bond donors (Lipinski definition) is 2. The number of fused-ring (bicyclic) bond motifs is 1. The zero-order chi connectivity index (χ0) is 15.0. The fourth-order valence-corrected chi connectivity index (χ4v) is 2.13. The van der Waals surface area contributed by atoms with Crippen LogP contribution < -0.4 is 5.32 Å². The van der Waals surface area contributed by atoms with Crippen molar-refractivity contribution in [3.05, 3.63) is 65.4 Å². The van der Waals surface area contributed by atoms with Gasteiger partial charge in [0.2, 0.25) is 0 Å². The first-order valence-electron chi connectivity index (χ1n) is 6.39. The van der Waals surface area contributed by atoms with E-state index in [-0.39, 0.29) is 16.9 Å². The Bertz CT molecular complexity index is 806. The summed E-state index contributed by atoms with van der Waals surface area (Å²) in [6.07, 6.45) is 0. The number of benzene rings is 2. The number of aryl methyl sites for hydroxylation is 1. The van der Waals surface area contributed by atoms with E-state index in [1.807, 2.05) is 24.3 Å². The number of carbonyl (C=O) groups is 1. The molecule has 1 amide bonds. The minimum atomic E-state index is -0.668. The molecular formula is C16H12F2N2O. The van der Waals surface area contributed by atoms with Crippen LogP contribution in [-0.4, -0.2) is 10.9 Å². The van der Waals surface area contributed by atoms with E-state index in [1.165, 1.54) is 6.92 Å². The number of amides is 1. The summed E-state index contributed by atoms with van der Waals surface area (Å²) in [7, 11) is 0. The second kappa shape index (κ2) is 5.01. The van der Waals surface area contributed by atoms with Gasteiger partial charge in [-0.05, 0) is 30.7 Å². The van der Waals surface area contributed by atoms with Crippen LogP contribution in [-0.2, 0) is 0 Å². The van der Waals surface area contributed by atoms with E-state index < -0.39 is 17.5 Å². The summed E-state index contributed by atoms with van der Waals surface area (Å²) >= 11 is 0. The summed E-state index contributed by atoms with van der Waals surface area (Å²) in [5.74, 6) is -1.75. The molecular weight excluding hydrogens is 274 g/mol. The van der Waals surface area contributed by atoms with E-state index in [2.05, 4.69) is 10.3 Å². The van der Waals surface area contributed by atoms with E-state index in [9.17, 15) is 13.6 Å². The van der Waals surface area contributed by atoms with Crippen molar-refractivity contribution in [2.24, 2.45) is 0 Å². The first-order valence-corrected chi connectivity index (χ1v) is 6.39. The second-order valence-corrected chi connectivity index (χ2v) is 4.81. The maximum Gasteiger partial charge on any atom is 0.272 e. The Hall–Kier alpha value is -2.69. The number of nitrogens with one attached hydrogen (secondary N) is 2. The van der Waals surface area contributed by atoms with Gasteiger partial charge in [0.15, 0.2) is 0 Å². The molecule has 2 aromatic carbocycles. The predicted molar refractivity (Wildman–Crippen MR) is 77.3 cm³/mol. The molecule has 0 unspecified atom stereocenters. The van der Waals surface area contributed by atoms with Crippen LogP contribution in [0.2, 0.25) is 0 Å². The third-order valence-electron chi connectivity index (χ3n) is 3.27. The molecule has 3 nitrogen and oxygen atoms in total. The molecule has 0 spiro atoms. The van der Waals surface area contributed by atoms with Crippen molar-refractivity contribution in [2.75, 3.05) is 5.32 Å². The molecule has 3 rings (SSSR count). The van der Waals surface area contributed by atoms with Crippen LogP contribution in [0.3, 0.4) is 0 Å². The van der Waals surface area contributed by atoms with Gasteiger partial charge in [0, 0.05) is 17.0 Å². The molecule has 0 atom stereocenters. The molecule has 0 aliphatic heterocycles. The Balaban J connectivity index is 1.91. The number of aromatic amines is 1. The quantitative estimate of drug-likeness (QED) is 0.734. The topological polar surface area (TPSA) is 44.9 Å². The summed E-state index contributed by atoms with van der Waals surface area (Å²) in [5, 5.41) is 3.24. The molecule has 3 aromatic rings. The fraction of sp³-hybridized carbons (Fsp3) is 0.0625. The van der Waals surface area contributed by atoms with Gasteiger partial charge in [-0.2, -0.15) is 0 Å². The summed E-state index contributed by atoms with van der Waals surface area (Å²) in [5.41, 5.74) is 1.10. The molecule has 1 aromatic heterocycles. The highest BCUT2D eigenvalue weighted by Gasteiger charge is 2.13. The molecule has 0 aliphatic carbocycles. The van der Waals surface area contributed by atoms with Crippen LogP contribution in [0.25, 0.3) is 10.9 Å². The van der Waals surface area contributed by atoms with Crippen LogP contribution in [0.5, 0.6) is 0 Å². The Morgan fingerprint density at radius 2 is 1.86 bits per heavy atom. The molecule has 0 fully saturated rings. The van der Waals surface area contributed by atoms with Gasteiger partial charge in [-0.3, -0.25) is 4.79 Å². The van der Waals surface area contributed by atoms with Crippen molar-refractivity contribution in [1.82, 2.24) is 4.98 Å². The van der Waals surface area contributed by atoms with E-state index in [4.69, 9.17) is 0 Å². The third-order valence-corrected chi connectivity index (χ3v) is 3.27. The van der Waals surface area contributed by atoms with Crippen LogP contribution in [0.15, 0.2) is 42.5 Å². The smallest absolute Gasteiger partial charge is 0.272 e. The van der Waals surface area contributed by atoms with Crippen LogP contribution in [0.1, 0.15) is 16.1 Å². The van der Waals surface area contributed by atoms with Crippen LogP contribution in [0.4, 0.5) is 14.5 Å². The zero-order valence-electron chi connectivity index (χ0n) is 11.2. The lowest BCUT2D eigenvalue weighted by Gasteiger charge is -2.06. The Morgan fingerprint density at radius 3 is 2.62 bits per heavy atom. The van der Waals surface area contributed by atoms with Gasteiger partial charge in [0.25, 0.3) is 5.91 Å².